The summed E-state index contributed by atoms with van der Waals surface area (Å²) in [6.07, 6.45) is 4.35. The average Bonchev–Trinajstić information content (AvgIpc) is 3.05. The van der Waals surface area contributed by atoms with E-state index >= 15 is 0 Å². The third-order valence-corrected chi connectivity index (χ3v) is 4.23. The van der Waals surface area contributed by atoms with Crippen molar-refractivity contribution in [2.75, 3.05) is 11.9 Å². The Hall–Kier alpha value is -1.88. The predicted octanol–water partition coefficient (Wildman–Crippen LogP) is 3.48. The molecule has 98 valence electrons. The Balaban J connectivity index is 1.97. The highest BCUT2D eigenvalue weighted by Gasteiger charge is 2.12. The monoisotopic (exact) mass is 273 g/mol. The van der Waals surface area contributed by atoms with Crippen molar-refractivity contribution in [2.45, 2.75) is 19.9 Å². The molecule has 0 bridgehead atoms. The van der Waals surface area contributed by atoms with Crippen molar-refractivity contribution in [3.05, 3.63) is 41.4 Å². The fourth-order valence-electron chi connectivity index (χ4n) is 2.08. The van der Waals surface area contributed by atoms with Crippen molar-refractivity contribution in [3.8, 4) is 0 Å². The standard InChI is InChI=1S/C14H15N3OS/c1-3-11-7-12-13(15-9-16-14(12)19-11)17(2)8-10-5-4-6-18-10/h4-7,9H,3,8H2,1-2H3. The number of fused-ring (bicyclic) bond motifs is 1. The van der Waals surface area contributed by atoms with Gasteiger partial charge in [-0.05, 0) is 24.6 Å². The maximum Gasteiger partial charge on any atom is 0.140 e. The number of thiophene rings is 1. The van der Waals surface area contributed by atoms with E-state index in [1.807, 2.05) is 19.2 Å². The fourth-order valence-corrected chi connectivity index (χ4v) is 3.01. The van der Waals surface area contributed by atoms with Gasteiger partial charge in [0.05, 0.1) is 18.2 Å². The van der Waals surface area contributed by atoms with Gasteiger partial charge in [0.15, 0.2) is 0 Å². The minimum absolute atomic E-state index is 0.705. The van der Waals surface area contributed by atoms with E-state index in [0.717, 1.165) is 28.2 Å². The molecule has 0 saturated heterocycles. The van der Waals surface area contributed by atoms with Crippen LogP contribution in [0.2, 0.25) is 0 Å². The van der Waals surface area contributed by atoms with Crippen LogP contribution in [-0.4, -0.2) is 17.0 Å². The Labute approximate surface area is 115 Å². The minimum atomic E-state index is 0.705. The highest BCUT2D eigenvalue weighted by atomic mass is 32.1. The SMILES string of the molecule is CCc1cc2c(N(C)Cc3ccco3)ncnc2s1. The van der Waals surface area contributed by atoms with Gasteiger partial charge in [-0.2, -0.15) is 0 Å². The fraction of sp³-hybridized carbons (Fsp3) is 0.286. The van der Waals surface area contributed by atoms with Crippen LogP contribution in [0.5, 0.6) is 0 Å². The molecule has 0 aliphatic heterocycles. The first-order valence-corrected chi connectivity index (χ1v) is 7.06. The van der Waals surface area contributed by atoms with Crippen LogP contribution in [0, 0.1) is 0 Å². The molecule has 0 fully saturated rings. The molecule has 0 radical (unpaired) electrons. The lowest BCUT2D eigenvalue weighted by atomic mass is 10.3. The summed E-state index contributed by atoms with van der Waals surface area (Å²) in [5.41, 5.74) is 0. The summed E-state index contributed by atoms with van der Waals surface area (Å²) < 4.78 is 5.38. The van der Waals surface area contributed by atoms with Crippen LogP contribution in [0.15, 0.2) is 35.2 Å². The second-order valence-electron chi connectivity index (χ2n) is 4.42. The lowest BCUT2D eigenvalue weighted by molar-refractivity contribution is 0.507. The summed E-state index contributed by atoms with van der Waals surface area (Å²) in [6, 6.07) is 6.06. The van der Waals surface area contributed by atoms with Gasteiger partial charge in [-0.15, -0.1) is 11.3 Å². The molecule has 3 aromatic rings. The van der Waals surface area contributed by atoms with Crippen molar-refractivity contribution in [1.82, 2.24) is 9.97 Å². The molecule has 3 rings (SSSR count). The Bertz CT molecular complexity index is 675. The molecule has 3 aromatic heterocycles. The van der Waals surface area contributed by atoms with Crippen LogP contribution >= 0.6 is 11.3 Å². The molecule has 4 nitrogen and oxygen atoms in total. The topological polar surface area (TPSA) is 42.2 Å². The van der Waals surface area contributed by atoms with Crippen molar-refractivity contribution in [3.63, 3.8) is 0 Å². The van der Waals surface area contributed by atoms with E-state index < -0.39 is 0 Å². The van der Waals surface area contributed by atoms with Gasteiger partial charge in [-0.25, -0.2) is 9.97 Å². The average molecular weight is 273 g/mol. The van der Waals surface area contributed by atoms with Crippen LogP contribution in [0.3, 0.4) is 0 Å². The van der Waals surface area contributed by atoms with E-state index in [-0.39, 0.29) is 0 Å². The molecule has 0 unspecified atom stereocenters. The zero-order valence-electron chi connectivity index (χ0n) is 11.0. The van der Waals surface area contributed by atoms with Gasteiger partial charge in [0.1, 0.15) is 22.7 Å². The summed E-state index contributed by atoms with van der Waals surface area (Å²) in [5, 5.41) is 1.12. The molecule has 0 N–H and O–H groups in total. The van der Waals surface area contributed by atoms with Crippen LogP contribution in [0.1, 0.15) is 17.6 Å². The Morgan fingerprint density at radius 2 is 2.26 bits per heavy atom. The number of rotatable bonds is 4. The maximum absolute atomic E-state index is 5.38. The number of hydrogen-bond donors (Lipinski definition) is 0. The molecule has 0 aliphatic rings. The van der Waals surface area contributed by atoms with Gasteiger partial charge in [0.25, 0.3) is 0 Å². The van der Waals surface area contributed by atoms with Gasteiger partial charge in [-0.3, -0.25) is 0 Å². The molecule has 0 spiro atoms. The summed E-state index contributed by atoms with van der Waals surface area (Å²) in [5.74, 6) is 1.89. The number of anilines is 1. The Morgan fingerprint density at radius 1 is 1.37 bits per heavy atom. The molecule has 19 heavy (non-hydrogen) atoms. The molecule has 0 aromatic carbocycles. The molecule has 3 heterocycles. The second-order valence-corrected chi connectivity index (χ2v) is 5.53. The lowest BCUT2D eigenvalue weighted by Crippen LogP contribution is -2.17. The van der Waals surface area contributed by atoms with Gasteiger partial charge in [0, 0.05) is 11.9 Å². The smallest absolute Gasteiger partial charge is 0.140 e. The van der Waals surface area contributed by atoms with E-state index in [1.54, 1.807) is 23.9 Å². The Kier molecular flexibility index (Phi) is 3.21. The molecule has 0 atom stereocenters. The second kappa shape index (κ2) is 5.01. The van der Waals surface area contributed by atoms with Gasteiger partial charge < -0.3 is 9.32 Å². The van der Waals surface area contributed by atoms with E-state index in [2.05, 4.69) is 27.9 Å². The zero-order valence-corrected chi connectivity index (χ0v) is 11.8. The minimum Gasteiger partial charge on any atom is -0.467 e. The maximum atomic E-state index is 5.38. The first kappa shape index (κ1) is 12.2. The van der Waals surface area contributed by atoms with E-state index in [4.69, 9.17) is 4.42 Å². The van der Waals surface area contributed by atoms with Gasteiger partial charge >= 0.3 is 0 Å². The zero-order chi connectivity index (χ0) is 13.2. The normalized spacial score (nSPS) is 11.1. The molecular formula is C14H15N3OS. The predicted molar refractivity (Wildman–Crippen MR) is 77.6 cm³/mol. The summed E-state index contributed by atoms with van der Waals surface area (Å²) in [4.78, 5) is 13.2. The summed E-state index contributed by atoms with van der Waals surface area (Å²) in [7, 11) is 2.02. The molecular weight excluding hydrogens is 258 g/mol. The van der Waals surface area contributed by atoms with Crippen molar-refractivity contribution < 1.29 is 4.42 Å². The van der Waals surface area contributed by atoms with E-state index in [9.17, 15) is 0 Å². The third kappa shape index (κ3) is 2.33. The Morgan fingerprint density at radius 3 is 3.00 bits per heavy atom. The molecule has 5 heteroatoms. The first-order chi connectivity index (χ1) is 9.28. The van der Waals surface area contributed by atoms with Crippen molar-refractivity contribution in [1.29, 1.82) is 0 Å². The lowest BCUT2D eigenvalue weighted by Gasteiger charge is -2.17. The number of hydrogen-bond acceptors (Lipinski definition) is 5. The first-order valence-electron chi connectivity index (χ1n) is 6.25. The molecule has 0 amide bonds. The van der Waals surface area contributed by atoms with Crippen LogP contribution in [-0.2, 0) is 13.0 Å². The molecule has 0 saturated carbocycles. The van der Waals surface area contributed by atoms with Gasteiger partial charge in [-0.1, -0.05) is 6.92 Å². The third-order valence-electron chi connectivity index (χ3n) is 3.04. The highest BCUT2D eigenvalue weighted by Crippen LogP contribution is 2.30. The van der Waals surface area contributed by atoms with Crippen molar-refractivity contribution >= 4 is 27.4 Å². The quantitative estimate of drug-likeness (QED) is 0.730. The highest BCUT2D eigenvalue weighted by molar-refractivity contribution is 7.18. The summed E-state index contributed by atoms with van der Waals surface area (Å²) >= 11 is 1.74. The van der Waals surface area contributed by atoms with E-state index in [0.29, 0.717) is 6.54 Å². The number of furan rings is 1. The van der Waals surface area contributed by atoms with Crippen LogP contribution in [0.25, 0.3) is 10.2 Å². The van der Waals surface area contributed by atoms with E-state index in [1.165, 1.54) is 4.88 Å². The van der Waals surface area contributed by atoms with Crippen LogP contribution < -0.4 is 4.90 Å². The summed E-state index contributed by atoms with van der Waals surface area (Å²) in [6.45, 7) is 2.86. The van der Waals surface area contributed by atoms with Gasteiger partial charge in [0.2, 0.25) is 0 Å². The number of aryl methyl sites for hydroxylation is 1. The largest absolute Gasteiger partial charge is 0.467 e. The van der Waals surface area contributed by atoms with Crippen molar-refractivity contribution in [2.24, 2.45) is 0 Å². The molecule has 0 aliphatic carbocycles. The number of nitrogens with zero attached hydrogens (tertiary/aromatic N) is 3. The number of aromatic nitrogens is 2. The van der Waals surface area contributed by atoms with Crippen LogP contribution in [0.4, 0.5) is 5.82 Å².